The minimum absolute atomic E-state index is 0.0366. The Bertz CT molecular complexity index is 1370. The highest BCUT2D eigenvalue weighted by molar-refractivity contribution is 6.74. The van der Waals surface area contributed by atoms with Crippen LogP contribution < -0.4 is 0 Å². The zero-order valence-corrected chi connectivity index (χ0v) is 35.2. The molecule has 1 N–H and O–H groups in total. The van der Waals surface area contributed by atoms with Gasteiger partial charge in [0.15, 0.2) is 26.0 Å². The number of aliphatic hydroxyl groups is 1. The zero-order chi connectivity index (χ0) is 38.2. The molecule has 3 aliphatic rings. The zero-order valence-electron chi connectivity index (χ0n) is 33.2. The van der Waals surface area contributed by atoms with Gasteiger partial charge in [-0.15, -0.1) is 0 Å². The maximum Gasteiger partial charge on any atom is 0.343 e. The van der Waals surface area contributed by atoms with Crippen LogP contribution >= 0.6 is 0 Å². The van der Waals surface area contributed by atoms with E-state index in [0.717, 1.165) is 5.56 Å². The Labute approximate surface area is 308 Å². The number of ketones is 1. The van der Waals surface area contributed by atoms with Gasteiger partial charge in [-0.2, -0.15) is 0 Å². The maximum atomic E-state index is 14.6. The average molecular weight is 749 g/mol. The van der Waals surface area contributed by atoms with E-state index in [1.807, 2.05) is 51.1 Å². The quantitative estimate of drug-likeness (QED) is 0.203. The number of cyclic esters (lactones) is 1. The van der Waals surface area contributed by atoms with Gasteiger partial charge in [0, 0.05) is 25.4 Å². The molecule has 4 bridgehead atoms. The molecule has 0 aliphatic carbocycles. The minimum atomic E-state index is -2.97. The van der Waals surface area contributed by atoms with Crippen LogP contribution in [0.25, 0.3) is 0 Å². The van der Waals surface area contributed by atoms with Gasteiger partial charge in [-0.1, -0.05) is 92.6 Å². The second-order valence-corrected chi connectivity index (χ2v) is 26.4. The van der Waals surface area contributed by atoms with Gasteiger partial charge in [-0.05, 0) is 60.3 Å². The number of hydrogen-bond donors (Lipinski definition) is 1. The number of benzene rings is 1. The number of rotatable bonds is 9. The topological polar surface area (TPSA) is 119 Å². The molecule has 0 aromatic heterocycles. The maximum absolute atomic E-state index is 14.6. The third-order valence-corrected chi connectivity index (χ3v) is 20.8. The largest absolute Gasteiger partial charge is 0.458 e. The first-order chi connectivity index (χ1) is 23.6. The number of fused-ring (bicyclic) bond motifs is 4. The van der Waals surface area contributed by atoms with Crippen molar-refractivity contribution < 1.29 is 46.9 Å². The molecule has 12 heteroatoms. The standard InChI is InChI=1S/C39H64O10Si2/c1-25(2)51(26(3)4)47-29-21-31(27(5)44-24-28-17-15-14-16-18-28)45-36(41)35(49-50(12,13)37(6,7)8)33(43-11)23-32-30(40)19-20-39(42,46-32)38(9,10)34(22-29)48-51/h14-20,25-27,29,31-35,42H,21-24H2,1-13H3/t27-,29+,31?,32-,33?,34-,35-,39-/m0/s1. The van der Waals surface area contributed by atoms with E-state index in [1.165, 1.54) is 19.3 Å². The molecule has 2 unspecified atom stereocenters. The molecular weight excluding hydrogens is 685 g/mol. The summed E-state index contributed by atoms with van der Waals surface area (Å²) < 4.78 is 46.2. The smallest absolute Gasteiger partial charge is 0.343 e. The van der Waals surface area contributed by atoms with Crippen molar-refractivity contribution in [2.24, 2.45) is 5.41 Å². The number of ether oxygens (including phenoxy) is 4. The van der Waals surface area contributed by atoms with Crippen molar-refractivity contribution in [3.05, 3.63) is 48.0 Å². The lowest BCUT2D eigenvalue weighted by atomic mass is 9.74. The van der Waals surface area contributed by atoms with Crippen LogP contribution in [0.2, 0.25) is 29.2 Å². The lowest BCUT2D eigenvalue weighted by molar-refractivity contribution is -0.282. The Kier molecular flexibility index (Phi) is 13.1. The monoisotopic (exact) mass is 748 g/mol. The van der Waals surface area contributed by atoms with Gasteiger partial charge in [-0.3, -0.25) is 4.79 Å². The first-order valence-corrected chi connectivity index (χ1v) is 23.5. The summed E-state index contributed by atoms with van der Waals surface area (Å²) in [5, 5.41) is 12.1. The fourth-order valence-electron chi connectivity index (χ4n) is 7.07. The van der Waals surface area contributed by atoms with Crippen LogP contribution in [0.5, 0.6) is 0 Å². The van der Waals surface area contributed by atoms with E-state index in [1.54, 1.807) is 0 Å². The molecule has 51 heavy (non-hydrogen) atoms. The van der Waals surface area contributed by atoms with Crippen LogP contribution in [0.15, 0.2) is 42.5 Å². The van der Waals surface area contributed by atoms with Crippen molar-refractivity contribution in [2.75, 3.05) is 7.11 Å². The third-order valence-electron chi connectivity index (χ3n) is 11.8. The lowest BCUT2D eigenvalue weighted by Gasteiger charge is -2.55. The summed E-state index contributed by atoms with van der Waals surface area (Å²) in [6, 6.07) is 9.88. The number of methoxy groups -OCH3 is 1. The highest BCUT2D eigenvalue weighted by Gasteiger charge is 2.60. The molecule has 3 heterocycles. The minimum Gasteiger partial charge on any atom is -0.458 e. The Morgan fingerprint density at radius 3 is 2.18 bits per heavy atom. The molecule has 0 saturated carbocycles. The van der Waals surface area contributed by atoms with E-state index < -0.39 is 76.8 Å². The van der Waals surface area contributed by atoms with E-state index in [9.17, 15) is 14.7 Å². The molecular formula is C39H64O10Si2. The highest BCUT2D eigenvalue weighted by Crippen LogP contribution is 2.50. The lowest BCUT2D eigenvalue weighted by Crippen LogP contribution is -2.65. The first kappa shape index (κ1) is 42.0. The van der Waals surface area contributed by atoms with E-state index in [0.29, 0.717) is 19.4 Å². The van der Waals surface area contributed by atoms with E-state index in [2.05, 4.69) is 61.6 Å². The summed E-state index contributed by atoms with van der Waals surface area (Å²) in [6.45, 7) is 25.0. The van der Waals surface area contributed by atoms with Gasteiger partial charge in [0.25, 0.3) is 0 Å². The molecule has 3 aliphatic heterocycles. The van der Waals surface area contributed by atoms with Crippen molar-refractivity contribution in [2.45, 2.75) is 173 Å². The summed E-state index contributed by atoms with van der Waals surface area (Å²) in [7, 11) is -4.08. The molecule has 288 valence electrons. The first-order valence-electron chi connectivity index (χ1n) is 18.6. The average Bonchev–Trinajstić information content (AvgIpc) is 3.05. The summed E-state index contributed by atoms with van der Waals surface area (Å²) in [5.41, 5.74) is 0.129. The van der Waals surface area contributed by atoms with Crippen LogP contribution in [-0.2, 0) is 48.4 Å². The molecule has 1 aromatic rings. The van der Waals surface area contributed by atoms with Crippen LogP contribution in [0.4, 0.5) is 0 Å². The van der Waals surface area contributed by atoms with E-state index in [4.69, 9.17) is 32.2 Å². The third kappa shape index (κ3) is 8.97. The Morgan fingerprint density at radius 1 is 0.980 bits per heavy atom. The van der Waals surface area contributed by atoms with Crippen LogP contribution in [0, 0.1) is 5.41 Å². The number of esters is 1. The summed E-state index contributed by atoms with van der Waals surface area (Å²) >= 11 is 0. The molecule has 0 amide bonds. The van der Waals surface area contributed by atoms with Crippen molar-refractivity contribution in [1.82, 2.24) is 0 Å². The second-order valence-electron chi connectivity index (χ2n) is 17.4. The molecule has 10 nitrogen and oxygen atoms in total. The van der Waals surface area contributed by atoms with Crippen LogP contribution in [0.3, 0.4) is 0 Å². The van der Waals surface area contributed by atoms with Crippen molar-refractivity contribution in [1.29, 1.82) is 0 Å². The molecule has 8 atom stereocenters. The van der Waals surface area contributed by atoms with Crippen molar-refractivity contribution >= 4 is 28.6 Å². The van der Waals surface area contributed by atoms with Gasteiger partial charge in [0.2, 0.25) is 0 Å². The van der Waals surface area contributed by atoms with Gasteiger partial charge in [-0.25, -0.2) is 4.79 Å². The van der Waals surface area contributed by atoms with Gasteiger partial charge in [0.05, 0.1) is 31.0 Å². The predicted octanol–water partition coefficient (Wildman–Crippen LogP) is 7.38. The summed E-state index contributed by atoms with van der Waals surface area (Å²) in [4.78, 5) is 28.0. The molecule has 0 spiro atoms. The Balaban J connectivity index is 1.85. The van der Waals surface area contributed by atoms with E-state index >= 15 is 0 Å². The molecule has 0 radical (unpaired) electrons. The number of hydrogen-bond acceptors (Lipinski definition) is 10. The molecule has 4 rings (SSSR count). The molecule has 2 saturated heterocycles. The van der Waals surface area contributed by atoms with Crippen LogP contribution in [-0.4, -0.2) is 89.4 Å². The highest BCUT2D eigenvalue weighted by atomic mass is 28.4. The fraction of sp³-hybridized carbons (Fsp3) is 0.744. The van der Waals surface area contributed by atoms with Crippen LogP contribution in [0.1, 0.15) is 94.1 Å². The molecule has 1 aromatic carbocycles. The summed E-state index contributed by atoms with van der Waals surface area (Å²) in [6.07, 6.45) is -1.80. The van der Waals surface area contributed by atoms with Gasteiger partial charge < -0.3 is 37.3 Å². The van der Waals surface area contributed by atoms with E-state index in [-0.39, 0.29) is 28.3 Å². The SMILES string of the molecule is COC1C[C@@H]2O[C@@](O)(C=CC2=O)C(C)(C)[C@@H]2C[C@@H](CC([C@H](C)OCc3ccccc3)OC(=O)[C@H]1O[Si](C)(C)C(C)(C)C)O[Si](C(C)C)(C(C)C)O2. The van der Waals surface area contributed by atoms with Crippen molar-refractivity contribution in [3.8, 4) is 0 Å². The van der Waals surface area contributed by atoms with Crippen molar-refractivity contribution in [3.63, 3.8) is 0 Å². The Hall–Kier alpha value is -1.75. The number of carbonyl (C=O) groups excluding carboxylic acids is 2. The fourth-order valence-corrected chi connectivity index (χ4v) is 12.3. The second kappa shape index (κ2) is 15.9. The number of carbonyl (C=O) groups is 2. The summed E-state index contributed by atoms with van der Waals surface area (Å²) in [5.74, 6) is -2.79. The van der Waals surface area contributed by atoms with Gasteiger partial charge >= 0.3 is 14.5 Å². The molecule has 2 fully saturated rings. The predicted molar refractivity (Wildman–Crippen MR) is 201 cm³/mol. The van der Waals surface area contributed by atoms with Gasteiger partial charge in [0.1, 0.15) is 12.2 Å². The Morgan fingerprint density at radius 2 is 1.61 bits per heavy atom. The normalized spacial score (nSPS) is 32.4.